The monoisotopic (exact) mass is 283 g/mol. The van der Waals surface area contributed by atoms with Crippen LogP contribution < -0.4 is 5.32 Å². The van der Waals surface area contributed by atoms with E-state index in [1.54, 1.807) is 18.3 Å². The molecule has 0 aliphatic carbocycles. The minimum atomic E-state index is -0.259. The standard InChI is InChI=1S/C14H15ClFNS/c1-3-17-14(13-5-4-6-18-13)10-7-9(2)12(16)8-11(10)15/h4-8,14,17H,3H2,1-2H3. The van der Waals surface area contributed by atoms with E-state index < -0.39 is 0 Å². The van der Waals surface area contributed by atoms with Gasteiger partial charge in [-0.25, -0.2) is 4.39 Å². The van der Waals surface area contributed by atoms with E-state index in [-0.39, 0.29) is 11.9 Å². The second-order valence-electron chi connectivity index (χ2n) is 4.13. The van der Waals surface area contributed by atoms with Crippen LogP contribution in [0.25, 0.3) is 0 Å². The SMILES string of the molecule is CCNC(c1cccs1)c1cc(C)c(F)cc1Cl. The van der Waals surface area contributed by atoms with E-state index in [4.69, 9.17) is 11.6 Å². The van der Waals surface area contributed by atoms with Crippen molar-refractivity contribution in [2.75, 3.05) is 6.54 Å². The molecule has 96 valence electrons. The molecule has 0 saturated carbocycles. The third-order valence-corrected chi connectivity index (χ3v) is 4.09. The van der Waals surface area contributed by atoms with Crippen LogP contribution in [0.2, 0.25) is 5.02 Å². The molecule has 0 aliphatic heterocycles. The molecule has 0 radical (unpaired) electrons. The predicted octanol–water partition coefficient (Wildman–Crippen LogP) is 4.55. The Balaban J connectivity index is 2.46. The molecule has 1 N–H and O–H groups in total. The molecule has 1 unspecified atom stereocenters. The van der Waals surface area contributed by atoms with Crippen molar-refractivity contribution in [1.29, 1.82) is 0 Å². The van der Waals surface area contributed by atoms with Crippen molar-refractivity contribution in [1.82, 2.24) is 5.32 Å². The van der Waals surface area contributed by atoms with Gasteiger partial charge in [0.25, 0.3) is 0 Å². The van der Waals surface area contributed by atoms with Crippen molar-refractivity contribution in [3.05, 3.63) is 56.5 Å². The van der Waals surface area contributed by atoms with Crippen LogP contribution in [0, 0.1) is 12.7 Å². The van der Waals surface area contributed by atoms with Crippen LogP contribution in [0.3, 0.4) is 0 Å². The van der Waals surface area contributed by atoms with Gasteiger partial charge in [0, 0.05) is 9.90 Å². The molecule has 0 fully saturated rings. The van der Waals surface area contributed by atoms with E-state index in [1.807, 2.05) is 24.4 Å². The molecule has 0 spiro atoms. The number of aryl methyl sites for hydroxylation is 1. The molecule has 0 aliphatic rings. The highest BCUT2D eigenvalue weighted by Crippen LogP contribution is 2.32. The van der Waals surface area contributed by atoms with E-state index in [1.165, 1.54) is 10.9 Å². The van der Waals surface area contributed by atoms with Gasteiger partial charge in [-0.15, -0.1) is 11.3 Å². The van der Waals surface area contributed by atoms with Gasteiger partial charge in [0.1, 0.15) is 5.82 Å². The Morgan fingerprint density at radius 2 is 2.22 bits per heavy atom. The molecule has 1 heterocycles. The Morgan fingerprint density at radius 3 is 2.83 bits per heavy atom. The first kappa shape index (κ1) is 13.5. The van der Waals surface area contributed by atoms with Crippen molar-refractivity contribution in [3.63, 3.8) is 0 Å². The summed E-state index contributed by atoms with van der Waals surface area (Å²) < 4.78 is 13.4. The molecule has 1 aromatic carbocycles. The average molecular weight is 284 g/mol. The largest absolute Gasteiger partial charge is 0.306 e. The fraction of sp³-hybridized carbons (Fsp3) is 0.286. The first-order chi connectivity index (χ1) is 8.63. The molecule has 4 heteroatoms. The highest BCUT2D eigenvalue weighted by Gasteiger charge is 2.18. The molecular weight excluding hydrogens is 269 g/mol. The molecular formula is C14H15ClFNS. The van der Waals surface area contributed by atoms with Crippen molar-refractivity contribution < 1.29 is 4.39 Å². The lowest BCUT2D eigenvalue weighted by atomic mass is 10.0. The van der Waals surface area contributed by atoms with Crippen LogP contribution >= 0.6 is 22.9 Å². The molecule has 18 heavy (non-hydrogen) atoms. The molecule has 0 saturated heterocycles. The van der Waals surface area contributed by atoms with E-state index in [0.717, 1.165) is 12.1 Å². The Hall–Kier alpha value is -0.900. The van der Waals surface area contributed by atoms with Gasteiger partial charge >= 0.3 is 0 Å². The summed E-state index contributed by atoms with van der Waals surface area (Å²) in [7, 11) is 0. The predicted molar refractivity (Wildman–Crippen MR) is 76.0 cm³/mol. The van der Waals surface area contributed by atoms with Gasteiger partial charge in [-0.3, -0.25) is 0 Å². The van der Waals surface area contributed by atoms with Gasteiger partial charge in [0.15, 0.2) is 0 Å². The lowest BCUT2D eigenvalue weighted by molar-refractivity contribution is 0.609. The zero-order valence-corrected chi connectivity index (χ0v) is 11.9. The third-order valence-electron chi connectivity index (χ3n) is 2.82. The second kappa shape index (κ2) is 5.83. The Morgan fingerprint density at radius 1 is 1.44 bits per heavy atom. The quantitative estimate of drug-likeness (QED) is 0.868. The summed E-state index contributed by atoms with van der Waals surface area (Å²) in [6.45, 7) is 4.63. The van der Waals surface area contributed by atoms with Gasteiger partial charge in [-0.2, -0.15) is 0 Å². The molecule has 1 aromatic heterocycles. The maximum Gasteiger partial charge on any atom is 0.127 e. The van der Waals surface area contributed by atoms with Crippen molar-refractivity contribution in [2.45, 2.75) is 19.9 Å². The first-order valence-corrected chi connectivity index (χ1v) is 7.11. The van der Waals surface area contributed by atoms with E-state index in [0.29, 0.717) is 10.6 Å². The van der Waals surface area contributed by atoms with Crippen LogP contribution in [0.5, 0.6) is 0 Å². The van der Waals surface area contributed by atoms with Crippen LogP contribution in [-0.4, -0.2) is 6.54 Å². The van der Waals surface area contributed by atoms with Gasteiger partial charge < -0.3 is 5.32 Å². The van der Waals surface area contributed by atoms with Gasteiger partial charge in [0.2, 0.25) is 0 Å². The summed E-state index contributed by atoms with van der Waals surface area (Å²) in [6.07, 6.45) is 0. The summed E-state index contributed by atoms with van der Waals surface area (Å²) in [4.78, 5) is 1.18. The van der Waals surface area contributed by atoms with Crippen molar-refractivity contribution in [3.8, 4) is 0 Å². The van der Waals surface area contributed by atoms with Gasteiger partial charge in [-0.1, -0.05) is 24.6 Å². The lowest BCUT2D eigenvalue weighted by Crippen LogP contribution is -2.21. The van der Waals surface area contributed by atoms with Crippen LogP contribution in [0.1, 0.15) is 29.0 Å². The summed E-state index contributed by atoms with van der Waals surface area (Å²) in [5.41, 5.74) is 1.55. The number of hydrogen-bond donors (Lipinski definition) is 1. The number of nitrogens with one attached hydrogen (secondary N) is 1. The topological polar surface area (TPSA) is 12.0 Å². The first-order valence-electron chi connectivity index (χ1n) is 5.85. The van der Waals surface area contributed by atoms with Crippen LogP contribution in [0.4, 0.5) is 4.39 Å². The highest BCUT2D eigenvalue weighted by atomic mass is 35.5. The Labute approximate surface area is 116 Å². The summed E-state index contributed by atoms with van der Waals surface area (Å²) in [6, 6.07) is 7.32. The van der Waals surface area contributed by atoms with Gasteiger partial charge in [-0.05, 0) is 48.2 Å². The minimum absolute atomic E-state index is 0.0294. The molecule has 2 aromatic rings. The maximum atomic E-state index is 13.4. The molecule has 1 atom stereocenters. The fourth-order valence-corrected chi connectivity index (χ4v) is 3.00. The zero-order chi connectivity index (χ0) is 13.1. The highest BCUT2D eigenvalue weighted by molar-refractivity contribution is 7.10. The summed E-state index contributed by atoms with van der Waals surface area (Å²) in [5.74, 6) is -0.259. The number of benzene rings is 1. The Kier molecular flexibility index (Phi) is 4.38. The van der Waals surface area contributed by atoms with Crippen LogP contribution in [0.15, 0.2) is 29.6 Å². The second-order valence-corrected chi connectivity index (χ2v) is 5.52. The number of thiophene rings is 1. The zero-order valence-electron chi connectivity index (χ0n) is 10.3. The summed E-state index contributed by atoms with van der Waals surface area (Å²) >= 11 is 7.84. The fourth-order valence-electron chi connectivity index (χ4n) is 1.92. The van der Waals surface area contributed by atoms with Crippen molar-refractivity contribution in [2.24, 2.45) is 0 Å². The van der Waals surface area contributed by atoms with Crippen LogP contribution in [-0.2, 0) is 0 Å². The number of halogens is 2. The lowest BCUT2D eigenvalue weighted by Gasteiger charge is -2.19. The molecule has 0 amide bonds. The maximum absolute atomic E-state index is 13.4. The molecule has 0 bridgehead atoms. The molecule has 2 rings (SSSR count). The van der Waals surface area contributed by atoms with E-state index in [9.17, 15) is 4.39 Å². The van der Waals surface area contributed by atoms with E-state index in [2.05, 4.69) is 11.4 Å². The van der Waals surface area contributed by atoms with E-state index >= 15 is 0 Å². The van der Waals surface area contributed by atoms with Crippen molar-refractivity contribution >= 4 is 22.9 Å². The van der Waals surface area contributed by atoms with Gasteiger partial charge in [0.05, 0.1) is 6.04 Å². The Bertz CT molecular complexity index is 525. The number of rotatable bonds is 4. The molecule has 1 nitrogen and oxygen atoms in total. The normalized spacial score (nSPS) is 12.7. The number of hydrogen-bond acceptors (Lipinski definition) is 2. The minimum Gasteiger partial charge on any atom is -0.306 e. The summed E-state index contributed by atoms with van der Waals surface area (Å²) in [5, 5.41) is 5.89. The smallest absolute Gasteiger partial charge is 0.127 e. The third kappa shape index (κ3) is 2.74. The average Bonchev–Trinajstić information content (AvgIpc) is 2.85.